The molecule has 1 aliphatic rings. The third kappa shape index (κ3) is 4.56. The molecule has 1 aliphatic heterocycles. The molecule has 0 aromatic heterocycles. The number of hydrogen-bond donors (Lipinski definition) is 1. The van der Waals surface area contributed by atoms with Crippen LogP contribution in [-0.2, 0) is 16.0 Å². The zero-order valence-corrected chi connectivity index (χ0v) is 12.2. The van der Waals surface area contributed by atoms with Crippen molar-refractivity contribution in [2.24, 2.45) is 0 Å². The van der Waals surface area contributed by atoms with Crippen molar-refractivity contribution >= 4 is 11.8 Å². The summed E-state index contributed by atoms with van der Waals surface area (Å²) in [5, 5.41) is 8.81. The lowest BCUT2D eigenvalue weighted by atomic mass is 10.1. The third-order valence-corrected chi connectivity index (χ3v) is 3.82. The van der Waals surface area contributed by atoms with E-state index < -0.39 is 6.61 Å². The normalized spacial score (nSPS) is 15.1. The van der Waals surface area contributed by atoms with Crippen LogP contribution in [0.25, 0.3) is 0 Å². The number of aryl methyl sites for hydroxylation is 1. The largest absolute Gasteiger partial charge is 0.387 e. The molecule has 1 saturated heterocycles. The first-order chi connectivity index (χ1) is 10.2. The van der Waals surface area contributed by atoms with Crippen LogP contribution in [-0.4, -0.2) is 59.5 Å². The van der Waals surface area contributed by atoms with E-state index in [1.807, 2.05) is 23.1 Å². The van der Waals surface area contributed by atoms with Gasteiger partial charge >= 0.3 is 0 Å². The molecule has 1 fully saturated rings. The van der Waals surface area contributed by atoms with Gasteiger partial charge in [-0.25, -0.2) is 0 Å². The van der Waals surface area contributed by atoms with Crippen LogP contribution in [0.4, 0.5) is 0 Å². The minimum Gasteiger partial charge on any atom is -0.387 e. The second kappa shape index (κ2) is 7.78. The number of carbonyl (C=O) groups is 2. The Morgan fingerprint density at radius 1 is 0.952 bits per heavy atom. The second-order valence-corrected chi connectivity index (χ2v) is 5.26. The Morgan fingerprint density at radius 3 is 2.10 bits per heavy atom. The van der Waals surface area contributed by atoms with Gasteiger partial charge in [0.15, 0.2) is 0 Å². The van der Waals surface area contributed by atoms with Gasteiger partial charge in [-0.2, -0.15) is 0 Å². The molecular weight excluding hydrogens is 268 g/mol. The summed E-state index contributed by atoms with van der Waals surface area (Å²) in [5.74, 6) is -0.104. The maximum Gasteiger partial charge on any atom is 0.248 e. The lowest BCUT2D eigenvalue weighted by Crippen LogP contribution is -2.51. The summed E-state index contributed by atoms with van der Waals surface area (Å²) in [4.78, 5) is 26.9. The fourth-order valence-electron chi connectivity index (χ4n) is 2.55. The summed E-state index contributed by atoms with van der Waals surface area (Å²) in [5.41, 5.74) is 1.25. The van der Waals surface area contributed by atoms with Crippen LogP contribution in [0.15, 0.2) is 30.3 Å². The molecule has 2 amide bonds. The molecule has 0 saturated carbocycles. The van der Waals surface area contributed by atoms with E-state index in [-0.39, 0.29) is 11.8 Å². The molecule has 0 spiro atoms. The van der Waals surface area contributed by atoms with Crippen LogP contribution < -0.4 is 0 Å². The number of aliphatic hydroxyl groups is 1. The highest BCUT2D eigenvalue weighted by Crippen LogP contribution is 2.09. The molecule has 0 unspecified atom stereocenters. The summed E-state index contributed by atoms with van der Waals surface area (Å²) in [6.07, 6.45) is 2.30. The number of hydrogen-bond acceptors (Lipinski definition) is 3. The molecule has 114 valence electrons. The van der Waals surface area contributed by atoms with E-state index in [9.17, 15) is 9.59 Å². The van der Waals surface area contributed by atoms with E-state index in [1.54, 1.807) is 4.90 Å². The summed E-state index contributed by atoms with van der Waals surface area (Å²) >= 11 is 0. The SMILES string of the molecule is O=C(CO)N1CCN(C(=O)CCCc2ccccc2)CC1. The third-order valence-electron chi connectivity index (χ3n) is 3.82. The van der Waals surface area contributed by atoms with E-state index in [1.165, 1.54) is 5.56 Å². The van der Waals surface area contributed by atoms with Crippen molar-refractivity contribution in [1.29, 1.82) is 0 Å². The number of rotatable bonds is 5. The van der Waals surface area contributed by atoms with Gasteiger partial charge in [-0.15, -0.1) is 0 Å². The minimum absolute atomic E-state index is 0.155. The first kappa shape index (κ1) is 15.5. The van der Waals surface area contributed by atoms with E-state index >= 15 is 0 Å². The second-order valence-electron chi connectivity index (χ2n) is 5.26. The van der Waals surface area contributed by atoms with E-state index in [0.717, 1.165) is 12.8 Å². The molecule has 1 aromatic carbocycles. The molecule has 0 bridgehead atoms. The molecule has 1 aromatic rings. The number of benzene rings is 1. The fourth-order valence-corrected chi connectivity index (χ4v) is 2.55. The van der Waals surface area contributed by atoms with Crippen LogP contribution in [0.5, 0.6) is 0 Å². The van der Waals surface area contributed by atoms with Gasteiger partial charge in [-0.3, -0.25) is 9.59 Å². The molecule has 5 nitrogen and oxygen atoms in total. The smallest absolute Gasteiger partial charge is 0.248 e. The number of aliphatic hydroxyl groups excluding tert-OH is 1. The molecular formula is C16H22N2O3. The average Bonchev–Trinajstić information content (AvgIpc) is 2.55. The first-order valence-corrected chi connectivity index (χ1v) is 7.41. The van der Waals surface area contributed by atoms with Crippen LogP contribution in [0, 0.1) is 0 Å². The summed E-state index contributed by atoms with van der Waals surface area (Å²) in [6.45, 7) is 1.71. The van der Waals surface area contributed by atoms with Crippen molar-refractivity contribution in [2.75, 3.05) is 32.8 Å². The van der Waals surface area contributed by atoms with Crippen molar-refractivity contribution < 1.29 is 14.7 Å². The van der Waals surface area contributed by atoms with Gasteiger partial charge in [0.05, 0.1) is 0 Å². The lowest BCUT2D eigenvalue weighted by molar-refractivity contribution is -0.141. The van der Waals surface area contributed by atoms with Gasteiger partial charge in [0, 0.05) is 32.6 Å². The van der Waals surface area contributed by atoms with Crippen molar-refractivity contribution in [3.63, 3.8) is 0 Å². The summed E-state index contributed by atoms with van der Waals surface area (Å²) < 4.78 is 0. The Morgan fingerprint density at radius 2 is 1.52 bits per heavy atom. The Bertz CT molecular complexity index is 468. The molecule has 0 aliphatic carbocycles. The zero-order chi connectivity index (χ0) is 15.1. The van der Waals surface area contributed by atoms with E-state index in [2.05, 4.69) is 12.1 Å². The van der Waals surface area contributed by atoms with Crippen LogP contribution >= 0.6 is 0 Å². The van der Waals surface area contributed by atoms with Crippen molar-refractivity contribution in [1.82, 2.24) is 9.80 Å². The van der Waals surface area contributed by atoms with E-state index in [0.29, 0.717) is 32.6 Å². The highest BCUT2D eigenvalue weighted by Gasteiger charge is 2.23. The number of piperazine rings is 1. The molecule has 5 heteroatoms. The van der Waals surface area contributed by atoms with Gasteiger partial charge < -0.3 is 14.9 Å². The summed E-state index contributed by atoms with van der Waals surface area (Å²) in [7, 11) is 0. The quantitative estimate of drug-likeness (QED) is 0.867. The monoisotopic (exact) mass is 290 g/mol. The van der Waals surface area contributed by atoms with Crippen molar-refractivity contribution in [3.05, 3.63) is 35.9 Å². The van der Waals surface area contributed by atoms with Crippen LogP contribution in [0.3, 0.4) is 0 Å². The zero-order valence-electron chi connectivity index (χ0n) is 12.2. The maximum atomic E-state index is 12.1. The fraction of sp³-hybridized carbons (Fsp3) is 0.500. The predicted molar refractivity (Wildman–Crippen MR) is 79.6 cm³/mol. The summed E-state index contributed by atoms with van der Waals surface area (Å²) in [6, 6.07) is 10.2. The first-order valence-electron chi connectivity index (χ1n) is 7.41. The Kier molecular flexibility index (Phi) is 5.75. The maximum absolute atomic E-state index is 12.1. The molecule has 21 heavy (non-hydrogen) atoms. The Balaban J connectivity index is 1.69. The van der Waals surface area contributed by atoms with Gasteiger partial charge in [0.1, 0.15) is 6.61 Å². The number of nitrogens with zero attached hydrogens (tertiary/aromatic N) is 2. The van der Waals surface area contributed by atoms with Crippen LogP contribution in [0.2, 0.25) is 0 Å². The standard InChI is InChI=1S/C16H22N2O3/c19-13-16(21)18-11-9-17(10-12-18)15(20)8-4-7-14-5-2-1-3-6-14/h1-3,5-6,19H,4,7-13H2. The Labute approximate surface area is 125 Å². The molecule has 0 atom stereocenters. The molecule has 1 N–H and O–H groups in total. The molecule has 0 radical (unpaired) electrons. The molecule has 2 rings (SSSR count). The lowest BCUT2D eigenvalue weighted by Gasteiger charge is -2.34. The van der Waals surface area contributed by atoms with Crippen molar-refractivity contribution in [3.8, 4) is 0 Å². The van der Waals surface area contributed by atoms with Gasteiger partial charge in [0.2, 0.25) is 11.8 Å². The average molecular weight is 290 g/mol. The predicted octanol–water partition coefficient (Wildman–Crippen LogP) is 0.672. The Hall–Kier alpha value is -1.88. The highest BCUT2D eigenvalue weighted by molar-refractivity contribution is 5.79. The van der Waals surface area contributed by atoms with Crippen LogP contribution in [0.1, 0.15) is 18.4 Å². The number of amides is 2. The van der Waals surface area contributed by atoms with E-state index in [4.69, 9.17) is 5.11 Å². The van der Waals surface area contributed by atoms with Gasteiger partial charge in [0.25, 0.3) is 0 Å². The minimum atomic E-state index is -0.453. The van der Waals surface area contributed by atoms with Gasteiger partial charge in [-0.1, -0.05) is 30.3 Å². The highest BCUT2D eigenvalue weighted by atomic mass is 16.3. The number of carbonyl (C=O) groups excluding carboxylic acids is 2. The van der Waals surface area contributed by atoms with Crippen molar-refractivity contribution in [2.45, 2.75) is 19.3 Å². The molecule has 1 heterocycles. The van der Waals surface area contributed by atoms with Gasteiger partial charge in [-0.05, 0) is 18.4 Å². The topological polar surface area (TPSA) is 60.9 Å².